The highest BCUT2D eigenvalue weighted by Gasteiger charge is 2.25. The first-order chi connectivity index (χ1) is 18.1. The van der Waals surface area contributed by atoms with Crippen molar-refractivity contribution in [2.45, 2.75) is 65.8 Å². The van der Waals surface area contributed by atoms with E-state index in [4.69, 9.17) is 14.5 Å². The Morgan fingerprint density at radius 3 is 2.63 bits per heavy atom. The molecule has 0 radical (unpaired) electrons. The van der Waals surface area contributed by atoms with E-state index >= 15 is 0 Å². The third-order valence-corrected chi connectivity index (χ3v) is 7.04. The van der Waals surface area contributed by atoms with Crippen molar-refractivity contribution in [3.63, 3.8) is 0 Å². The lowest BCUT2D eigenvalue weighted by atomic mass is 10.00. The number of imidazole rings is 1. The Bertz CT molecular complexity index is 1290. The van der Waals surface area contributed by atoms with Gasteiger partial charge in [0.05, 0.1) is 23.7 Å². The number of benzene rings is 1. The van der Waals surface area contributed by atoms with Crippen LogP contribution in [0.3, 0.4) is 0 Å². The number of fused-ring (bicyclic) bond motifs is 1. The van der Waals surface area contributed by atoms with Gasteiger partial charge in [-0.1, -0.05) is 19.9 Å². The number of hydrogen-bond donors (Lipinski definition) is 2. The molecule has 1 aromatic carbocycles. The van der Waals surface area contributed by atoms with Crippen LogP contribution in [-0.2, 0) is 34.4 Å². The van der Waals surface area contributed by atoms with Crippen molar-refractivity contribution in [1.29, 1.82) is 0 Å². The van der Waals surface area contributed by atoms with E-state index in [9.17, 15) is 14.7 Å². The van der Waals surface area contributed by atoms with E-state index in [1.54, 1.807) is 18.5 Å². The van der Waals surface area contributed by atoms with Crippen LogP contribution in [0.5, 0.6) is 0 Å². The van der Waals surface area contributed by atoms with Gasteiger partial charge < -0.3 is 23.7 Å². The fourth-order valence-electron chi connectivity index (χ4n) is 4.89. The summed E-state index contributed by atoms with van der Waals surface area (Å²) in [4.78, 5) is 29.9. The van der Waals surface area contributed by atoms with Crippen LogP contribution in [0.4, 0.5) is 0 Å². The zero-order valence-corrected chi connectivity index (χ0v) is 23.1. The Labute approximate surface area is 223 Å². The molecule has 0 saturated carbocycles. The van der Waals surface area contributed by atoms with Crippen molar-refractivity contribution < 1.29 is 19.4 Å². The van der Waals surface area contributed by atoms with E-state index < -0.39 is 18.1 Å². The van der Waals surface area contributed by atoms with Gasteiger partial charge in [-0.2, -0.15) is 0 Å². The number of aromatic nitrogens is 3. The number of aliphatic hydroxyl groups excluding tert-OH is 1. The Balaban J connectivity index is 1.66. The zero-order chi connectivity index (χ0) is 27.4. The summed E-state index contributed by atoms with van der Waals surface area (Å²) in [7, 11) is 1.76. The summed E-state index contributed by atoms with van der Waals surface area (Å²) in [6.45, 7) is 10.4. The number of nitrogens with zero attached hydrogens (tertiary/aromatic N) is 3. The van der Waals surface area contributed by atoms with E-state index in [1.807, 2.05) is 45.2 Å². The number of rotatable bonds is 10. The number of aryl methyl sites for hydroxylation is 2. The summed E-state index contributed by atoms with van der Waals surface area (Å²) in [5.41, 5.74) is 4.38. The highest BCUT2D eigenvalue weighted by Crippen LogP contribution is 2.29. The maximum absolute atomic E-state index is 12.5. The molecule has 0 aliphatic carbocycles. The Morgan fingerprint density at radius 1 is 1.24 bits per heavy atom. The topological polar surface area (TPSA) is 108 Å². The minimum atomic E-state index is -0.892. The number of carbonyl (C=O) groups is 1. The van der Waals surface area contributed by atoms with Crippen LogP contribution in [0, 0.1) is 18.8 Å². The van der Waals surface area contributed by atoms with E-state index in [0.29, 0.717) is 24.6 Å². The van der Waals surface area contributed by atoms with Crippen LogP contribution in [0.1, 0.15) is 44.7 Å². The lowest BCUT2D eigenvalue weighted by molar-refractivity contribution is -0.150. The molecule has 2 atom stereocenters. The Kier molecular flexibility index (Phi) is 9.02. The highest BCUT2D eigenvalue weighted by molar-refractivity contribution is 5.81. The number of nitrogens with one attached hydrogen (secondary N) is 1. The summed E-state index contributed by atoms with van der Waals surface area (Å²) in [5, 5.41) is 13.4. The monoisotopic (exact) mass is 524 g/mol. The SMILES string of the molecule is Cc1cc(-c2nc3ccc(CNC(C(=O)OCC(C)C)C(C)O)cc3n2CC2CCOCC2)cn(C)c1=O. The van der Waals surface area contributed by atoms with Crippen LogP contribution in [0.2, 0.25) is 0 Å². The summed E-state index contributed by atoms with van der Waals surface area (Å²) in [5.74, 6) is 1.06. The van der Waals surface area contributed by atoms with Crippen molar-refractivity contribution in [2.75, 3.05) is 19.8 Å². The lowest BCUT2D eigenvalue weighted by Gasteiger charge is -2.24. The highest BCUT2D eigenvalue weighted by atomic mass is 16.5. The Morgan fingerprint density at radius 2 is 1.97 bits per heavy atom. The van der Waals surface area contributed by atoms with Gasteiger partial charge in [0.2, 0.25) is 0 Å². The predicted octanol–water partition coefficient (Wildman–Crippen LogP) is 3.18. The molecule has 206 valence electrons. The van der Waals surface area contributed by atoms with E-state index in [1.165, 1.54) is 0 Å². The maximum Gasteiger partial charge on any atom is 0.325 e. The van der Waals surface area contributed by atoms with E-state index in [0.717, 1.165) is 60.6 Å². The normalized spacial score (nSPS) is 16.2. The number of aliphatic hydroxyl groups is 1. The van der Waals surface area contributed by atoms with Crippen LogP contribution < -0.4 is 10.9 Å². The van der Waals surface area contributed by atoms with Gasteiger partial charge in [0.1, 0.15) is 11.9 Å². The number of carbonyl (C=O) groups excluding carboxylic acids is 1. The van der Waals surface area contributed by atoms with Gasteiger partial charge in [0.15, 0.2) is 0 Å². The van der Waals surface area contributed by atoms with Crippen molar-refractivity contribution in [3.05, 3.63) is 51.9 Å². The second kappa shape index (κ2) is 12.2. The summed E-state index contributed by atoms with van der Waals surface area (Å²) < 4.78 is 14.8. The molecule has 0 bridgehead atoms. The molecule has 2 unspecified atom stereocenters. The van der Waals surface area contributed by atoms with E-state index in [-0.39, 0.29) is 11.5 Å². The molecule has 1 aliphatic heterocycles. The molecule has 1 saturated heterocycles. The molecule has 0 spiro atoms. The van der Waals surface area contributed by atoms with Gasteiger partial charge in [0, 0.05) is 50.7 Å². The van der Waals surface area contributed by atoms with Gasteiger partial charge in [-0.3, -0.25) is 14.9 Å². The second-order valence-corrected chi connectivity index (χ2v) is 10.9. The summed E-state index contributed by atoms with van der Waals surface area (Å²) in [6, 6.07) is 7.14. The van der Waals surface area contributed by atoms with Gasteiger partial charge in [-0.25, -0.2) is 4.98 Å². The van der Waals surface area contributed by atoms with Crippen LogP contribution >= 0.6 is 0 Å². The quantitative estimate of drug-likeness (QED) is 0.392. The average molecular weight is 525 g/mol. The molecule has 0 amide bonds. The van der Waals surface area contributed by atoms with Crippen LogP contribution in [-0.4, -0.2) is 57.2 Å². The average Bonchev–Trinajstić information content (AvgIpc) is 3.23. The number of ether oxygens (including phenoxy) is 2. The fraction of sp³-hybridized carbons (Fsp3) is 0.552. The van der Waals surface area contributed by atoms with E-state index in [2.05, 4.69) is 16.0 Å². The number of pyridine rings is 1. The van der Waals surface area contributed by atoms with Crippen LogP contribution in [0.15, 0.2) is 35.3 Å². The molecule has 2 N–H and O–H groups in total. The van der Waals surface area contributed by atoms with Gasteiger partial charge in [-0.05, 0) is 62.3 Å². The standard InChI is InChI=1S/C29H40N4O5/c1-18(2)17-38-29(36)26(20(4)34)30-14-22-6-7-24-25(13-22)33(15-21-8-10-37-11-9-21)27(31-24)23-12-19(3)28(35)32(5)16-23/h6-7,12-13,16,18,20-21,26,30,34H,8-11,14-15,17H2,1-5H3. The molecule has 9 heteroatoms. The number of esters is 1. The maximum atomic E-state index is 12.5. The first-order valence-electron chi connectivity index (χ1n) is 13.5. The van der Waals surface area contributed by atoms with Gasteiger partial charge in [-0.15, -0.1) is 0 Å². The van der Waals surface area contributed by atoms with Gasteiger partial charge in [0.25, 0.3) is 5.56 Å². The first kappa shape index (κ1) is 28.0. The molecular formula is C29H40N4O5. The smallest absolute Gasteiger partial charge is 0.325 e. The molecule has 1 fully saturated rings. The molecule has 4 rings (SSSR count). The number of hydrogen-bond acceptors (Lipinski definition) is 7. The molecule has 3 aromatic rings. The minimum Gasteiger partial charge on any atom is -0.464 e. The van der Waals surface area contributed by atoms with Crippen molar-refractivity contribution in [1.82, 2.24) is 19.4 Å². The van der Waals surface area contributed by atoms with Crippen molar-refractivity contribution in [2.24, 2.45) is 18.9 Å². The lowest BCUT2D eigenvalue weighted by Crippen LogP contribution is -2.45. The van der Waals surface area contributed by atoms with Crippen molar-refractivity contribution >= 4 is 17.0 Å². The minimum absolute atomic E-state index is 0.0196. The molecule has 3 heterocycles. The molecule has 38 heavy (non-hydrogen) atoms. The Hall–Kier alpha value is -3.01. The second-order valence-electron chi connectivity index (χ2n) is 10.9. The summed E-state index contributed by atoms with van der Waals surface area (Å²) >= 11 is 0. The molecular weight excluding hydrogens is 484 g/mol. The third-order valence-electron chi connectivity index (χ3n) is 7.04. The first-order valence-corrected chi connectivity index (χ1v) is 13.5. The fourth-order valence-corrected chi connectivity index (χ4v) is 4.89. The third kappa shape index (κ3) is 6.51. The zero-order valence-electron chi connectivity index (χ0n) is 23.1. The molecule has 1 aliphatic rings. The summed E-state index contributed by atoms with van der Waals surface area (Å²) in [6.07, 6.45) is 2.93. The molecule has 9 nitrogen and oxygen atoms in total. The largest absolute Gasteiger partial charge is 0.464 e. The predicted molar refractivity (Wildman–Crippen MR) is 147 cm³/mol. The molecule has 2 aromatic heterocycles. The van der Waals surface area contributed by atoms with Gasteiger partial charge >= 0.3 is 5.97 Å². The van der Waals surface area contributed by atoms with Crippen LogP contribution in [0.25, 0.3) is 22.4 Å². The van der Waals surface area contributed by atoms with Crippen molar-refractivity contribution in [3.8, 4) is 11.4 Å².